The molecule has 1 aliphatic rings. The van der Waals surface area contributed by atoms with Gasteiger partial charge in [-0.25, -0.2) is 15.0 Å². The number of hydrogen-bond donors (Lipinski definition) is 2. The van der Waals surface area contributed by atoms with Crippen molar-refractivity contribution in [1.82, 2.24) is 29.7 Å². The van der Waals surface area contributed by atoms with Crippen LogP contribution in [0, 0.1) is 11.3 Å². The molecular weight excluding hydrogens is 424 g/mol. The summed E-state index contributed by atoms with van der Waals surface area (Å²) in [6, 6.07) is 17.4. The predicted molar refractivity (Wildman–Crippen MR) is 134 cm³/mol. The van der Waals surface area contributed by atoms with E-state index in [1.807, 2.05) is 48.5 Å². The molecule has 1 fully saturated rings. The van der Waals surface area contributed by atoms with Crippen molar-refractivity contribution in [3.63, 3.8) is 0 Å². The van der Waals surface area contributed by atoms with Crippen LogP contribution >= 0.6 is 0 Å². The Labute approximate surface area is 198 Å². The van der Waals surface area contributed by atoms with Crippen LogP contribution in [0.1, 0.15) is 18.2 Å². The summed E-state index contributed by atoms with van der Waals surface area (Å²) in [6.45, 7) is 7.68. The summed E-state index contributed by atoms with van der Waals surface area (Å²) in [7, 11) is 0. The minimum atomic E-state index is -0.0209. The van der Waals surface area contributed by atoms with Gasteiger partial charge >= 0.3 is 0 Å². The van der Waals surface area contributed by atoms with Crippen LogP contribution in [0.3, 0.4) is 0 Å². The zero-order chi connectivity index (χ0) is 23.5. The van der Waals surface area contributed by atoms with Crippen LogP contribution in [0.25, 0.3) is 33.8 Å². The van der Waals surface area contributed by atoms with E-state index in [0.29, 0.717) is 11.4 Å². The Kier molecular flexibility index (Phi) is 6.04. The van der Waals surface area contributed by atoms with Crippen molar-refractivity contribution in [1.29, 1.82) is 5.26 Å². The highest BCUT2D eigenvalue weighted by Crippen LogP contribution is 2.34. The van der Waals surface area contributed by atoms with Crippen LogP contribution in [-0.2, 0) is 0 Å². The maximum absolute atomic E-state index is 9.33. The van der Waals surface area contributed by atoms with Crippen LogP contribution < -0.4 is 11.1 Å². The molecule has 34 heavy (non-hydrogen) atoms. The van der Waals surface area contributed by atoms with Gasteiger partial charge in [0, 0.05) is 37.9 Å². The molecule has 4 heterocycles. The number of nitrogens with two attached hydrogens (primary N) is 1. The van der Waals surface area contributed by atoms with E-state index < -0.39 is 0 Å². The number of anilines is 1. The Bertz CT molecular complexity index is 1380. The van der Waals surface area contributed by atoms with E-state index in [-0.39, 0.29) is 6.17 Å². The molecule has 4 aromatic rings. The van der Waals surface area contributed by atoms with E-state index in [0.717, 1.165) is 66.4 Å². The number of nitrogen functional groups attached to an aromatic ring is 1. The summed E-state index contributed by atoms with van der Waals surface area (Å²) in [6.07, 6.45) is 4.33. The minimum absolute atomic E-state index is 0.0209. The fourth-order valence-corrected chi connectivity index (χ4v) is 4.51. The van der Waals surface area contributed by atoms with E-state index in [4.69, 9.17) is 15.7 Å². The van der Waals surface area contributed by atoms with Crippen molar-refractivity contribution < 1.29 is 0 Å². The summed E-state index contributed by atoms with van der Waals surface area (Å²) in [5.74, 6) is 1.17. The maximum atomic E-state index is 9.33. The molecule has 8 nitrogen and oxygen atoms in total. The first-order valence-corrected chi connectivity index (χ1v) is 11.4. The number of benzene rings is 1. The number of aromatic nitrogens is 4. The number of imidazole rings is 1. The maximum Gasteiger partial charge on any atom is 0.162 e. The largest absolute Gasteiger partial charge is 0.383 e. The SMILES string of the molecule is C=CCC(N1CCNCC1)n1c(-c2cccnc2N)nc2ccc(-c3cccc(C#N)c3)nc21. The molecule has 1 unspecified atom stereocenters. The second kappa shape index (κ2) is 9.43. The molecule has 1 aromatic carbocycles. The van der Waals surface area contributed by atoms with E-state index in [2.05, 4.69) is 32.4 Å². The van der Waals surface area contributed by atoms with Gasteiger partial charge in [0.15, 0.2) is 5.65 Å². The quantitative estimate of drug-likeness (QED) is 0.432. The highest BCUT2D eigenvalue weighted by atomic mass is 15.3. The molecule has 1 atom stereocenters. The summed E-state index contributed by atoms with van der Waals surface area (Å²) < 4.78 is 2.17. The highest BCUT2D eigenvalue weighted by molar-refractivity contribution is 5.82. The summed E-state index contributed by atoms with van der Waals surface area (Å²) in [5, 5.41) is 12.8. The topological polar surface area (TPSA) is 109 Å². The summed E-state index contributed by atoms with van der Waals surface area (Å²) in [4.78, 5) is 16.7. The van der Waals surface area contributed by atoms with Crippen molar-refractivity contribution in [3.05, 3.63) is 72.9 Å². The number of nitriles is 1. The third-order valence-electron chi connectivity index (χ3n) is 6.15. The normalized spacial score (nSPS) is 15.1. The first-order chi connectivity index (χ1) is 16.7. The van der Waals surface area contributed by atoms with Gasteiger partial charge in [-0.15, -0.1) is 6.58 Å². The van der Waals surface area contributed by atoms with E-state index in [9.17, 15) is 5.26 Å². The van der Waals surface area contributed by atoms with Gasteiger partial charge in [-0.05, 0) is 42.8 Å². The molecular formula is C26H26N8. The fraction of sp³-hybridized carbons (Fsp3) is 0.231. The van der Waals surface area contributed by atoms with Crippen molar-refractivity contribution >= 4 is 17.0 Å². The summed E-state index contributed by atoms with van der Waals surface area (Å²) in [5.41, 5.74) is 10.9. The number of nitrogens with zero attached hydrogens (tertiary/aromatic N) is 6. The number of pyridine rings is 2. The molecule has 0 saturated carbocycles. The lowest BCUT2D eigenvalue weighted by molar-refractivity contribution is 0.127. The molecule has 8 heteroatoms. The molecule has 0 radical (unpaired) electrons. The van der Waals surface area contributed by atoms with Crippen LogP contribution in [0.2, 0.25) is 0 Å². The number of hydrogen-bond acceptors (Lipinski definition) is 7. The Morgan fingerprint density at radius 3 is 2.76 bits per heavy atom. The van der Waals surface area contributed by atoms with Gasteiger partial charge < -0.3 is 11.1 Å². The molecule has 170 valence electrons. The Morgan fingerprint density at radius 1 is 1.15 bits per heavy atom. The third-order valence-corrected chi connectivity index (χ3v) is 6.15. The van der Waals surface area contributed by atoms with Gasteiger partial charge in [-0.1, -0.05) is 18.2 Å². The Balaban J connectivity index is 1.74. The first kappa shape index (κ1) is 21.8. The van der Waals surface area contributed by atoms with Gasteiger partial charge in [-0.2, -0.15) is 5.26 Å². The number of rotatable bonds is 6. The van der Waals surface area contributed by atoms with Gasteiger partial charge in [0.25, 0.3) is 0 Å². The van der Waals surface area contributed by atoms with E-state index >= 15 is 0 Å². The molecule has 3 aromatic heterocycles. The van der Waals surface area contributed by atoms with E-state index in [1.54, 1.807) is 12.3 Å². The predicted octanol–water partition coefficient (Wildman–Crippen LogP) is 3.59. The van der Waals surface area contributed by atoms with Crippen molar-refractivity contribution in [2.75, 3.05) is 31.9 Å². The van der Waals surface area contributed by atoms with Crippen LogP contribution in [0.4, 0.5) is 5.82 Å². The summed E-state index contributed by atoms with van der Waals surface area (Å²) >= 11 is 0. The zero-order valence-corrected chi connectivity index (χ0v) is 18.9. The third kappa shape index (κ3) is 4.03. The smallest absolute Gasteiger partial charge is 0.162 e. The molecule has 0 aliphatic carbocycles. The number of piperazine rings is 1. The van der Waals surface area contributed by atoms with Gasteiger partial charge in [0.1, 0.15) is 17.2 Å². The van der Waals surface area contributed by atoms with Crippen molar-refractivity contribution in [2.45, 2.75) is 12.6 Å². The van der Waals surface area contributed by atoms with Crippen molar-refractivity contribution in [2.24, 2.45) is 0 Å². The highest BCUT2D eigenvalue weighted by Gasteiger charge is 2.27. The van der Waals surface area contributed by atoms with Gasteiger partial charge in [-0.3, -0.25) is 9.47 Å². The minimum Gasteiger partial charge on any atom is -0.383 e. The van der Waals surface area contributed by atoms with Gasteiger partial charge in [0.05, 0.1) is 29.1 Å². The van der Waals surface area contributed by atoms with Crippen LogP contribution in [-0.4, -0.2) is 50.6 Å². The van der Waals surface area contributed by atoms with Crippen LogP contribution in [0.5, 0.6) is 0 Å². The molecule has 3 N–H and O–H groups in total. The fourth-order valence-electron chi connectivity index (χ4n) is 4.51. The van der Waals surface area contributed by atoms with Crippen molar-refractivity contribution in [3.8, 4) is 28.7 Å². The number of fused-ring (bicyclic) bond motifs is 1. The monoisotopic (exact) mass is 450 g/mol. The Morgan fingerprint density at radius 2 is 2.00 bits per heavy atom. The average molecular weight is 451 g/mol. The second-order valence-corrected chi connectivity index (χ2v) is 8.26. The molecule has 0 bridgehead atoms. The lowest BCUT2D eigenvalue weighted by Crippen LogP contribution is -2.46. The molecule has 1 saturated heterocycles. The van der Waals surface area contributed by atoms with Crippen LogP contribution in [0.15, 0.2) is 67.4 Å². The first-order valence-electron chi connectivity index (χ1n) is 11.4. The lowest BCUT2D eigenvalue weighted by atomic mass is 10.1. The molecule has 0 amide bonds. The van der Waals surface area contributed by atoms with E-state index in [1.165, 1.54) is 0 Å². The second-order valence-electron chi connectivity index (χ2n) is 8.26. The molecule has 5 rings (SSSR count). The molecule has 1 aliphatic heterocycles. The van der Waals surface area contributed by atoms with Gasteiger partial charge in [0.2, 0.25) is 0 Å². The lowest BCUT2D eigenvalue weighted by Gasteiger charge is -2.36. The standard InChI is InChI=1S/C26H26N8/c1-2-5-23(33-14-12-29-13-15-33)34-25(20-8-4-11-30-24(20)28)32-22-10-9-21(31-26(22)34)19-7-3-6-18(16-19)17-27/h2-4,6-11,16,23,29H,1,5,12-15H2,(H2,28,30). The zero-order valence-electron chi connectivity index (χ0n) is 18.9. The molecule has 0 spiro atoms. The Hall–Kier alpha value is -4.06. The average Bonchev–Trinajstić information content (AvgIpc) is 3.26. The number of nitrogens with one attached hydrogen (secondary N) is 1.